The van der Waals surface area contributed by atoms with Gasteiger partial charge in [-0.25, -0.2) is 4.79 Å². The number of esters is 1. The zero-order valence-electron chi connectivity index (χ0n) is 13.4. The number of halogens is 1. The van der Waals surface area contributed by atoms with Gasteiger partial charge in [-0.1, -0.05) is 28.9 Å². The minimum atomic E-state index is -0.364. The molecule has 0 fully saturated rings. The van der Waals surface area contributed by atoms with Crippen molar-refractivity contribution in [1.82, 2.24) is 10.1 Å². The lowest BCUT2D eigenvalue weighted by atomic mass is 10.2. The molecular weight excluding hydrogens is 344 g/mol. The minimum absolute atomic E-state index is 0.117. The summed E-state index contributed by atoms with van der Waals surface area (Å²) in [5.74, 6) is 0.996. The van der Waals surface area contributed by atoms with Crippen LogP contribution in [0.25, 0.3) is 11.4 Å². The average Bonchev–Trinajstić information content (AvgIpc) is 3.10. The number of hydrogen-bond donors (Lipinski definition) is 0. The van der Waals surface area contributed by atoms with Crippen molar-refractivity contribution in [3.8, 4) is 17.1 Å². The highest BCUT2D eigenvalue weighted by atomic mass is 35.5. The number of hydrogen-bond acceptors (Lipinski definition) is 6. The van der Waals surface area contributed by atoms with Crippen LogP contribution in [0.4, 0.5) is 0 Å². The Labute approximate surface area is 149 Å². The van der Waals surface area contributed by atoms with Crippen molar-refractivity contribution >= 4 is 17.6 Å². The summed E-state index contributed by atoms with van der Waals surface area (Å²) in [5.41, 5.74) is 1.23. The molecule has 6 nitrogen and oxygen atoms in total. The van der Waals surface area contributed by atoms with Crippen molar-refractivity contribution in [2.24, 2.45) is 0 Å². The smallest absolute Gasteiger partial charge is 0.338 e. The largest absolute Gasteiger partial charge is 0.484 e. The molecule has 1 heterocycles. The molecule has 0 atom stereocenters. The number of aromatic nitrogens is 2. The molecule has 0 unspecified atom stereocenters. The number of benzene rings is 2. The van der Waals surface area contributed by atoms with Crippen LogP contribution in [0.5, 0.6) is 5.75 Å². The maximum Gasteiger partial charge on any atom is 0.338 e. The van der Waals surface area contributed by atoms with Gasteiger partial charge in [-0.2, -0.15) is 4.98 Å². The van der Waals surface area contributed by atoms with Gasteiger partial charge in [0.15, 0.2) is 6.61 Å². The van der Waals surface area contributed by atoms with E-state index in [0.29, 0.717) is 34.7 Å². The predicted octanol–water partition coefficient (Wildman–Crippen LogP) is 4.15. The van der Waals surface area contributed by atoms with Crippen LogP contribution in [-0.4, -0.2) is 22.7 Å². The van der Waals surface area contributed by atoms with Gasteiger partial charge in [0.2, 0.25) is 5.82 Å². The molecule has 25 heavy (non-hydrogen) atoms. The van der Waals surface area contributed by atoms with Crippen LogP contribution in [0.1, 0.15) is 23.2 Å². The number of carbonyl (C=O) groups excluding carboxylic acids is 1. The SMILES string of the molecule is CCOC(=O)c1ccc(OCc2nc(-c3cccc(Cl)c3)no2)cc1. The first-order chi connectivity index (χ1) is 12.2. The Balaban J connectivity index is 1.61. The molecule has 0 amide bonds. The van der Waals surface area contributed by atoms with E-state index in [1.54, 1.807) is 43.3 Å². The topological polar surface area (TPSA) is 74.5 Å². The fourth-order valence-electron chi connectivity index (χ4n) is 2.11. The molecule has 0 saturated heterocycles. The molecule has 0 N–H and O–H groups in total. The molecule has 1 aromatic heterocycles. The van der Waals surface area contributed by atoms with Crippen molar-refractivity contribution in [2.45, 2.75) is 13.5 Å². The Hall–Kier alpha value is -2.86. The molecule has 0 spiro atoms. The lowest BCUT2D eigenvalue weighted by Crippen LogP contribution is -2.04. The van der Waals surface area contributed by atoms with E-state index >= 15 is 0 Å². The van der Waals surface area contributed by atoms with E-state index in [4.69, 9.17) is 25.6 Å². The second-order valence-electron chi connectivity index (χ2n) is 5.06. The van der Waals surface area contributed by atoms with E-state index in [-0.39, 0.29) is 12.6 Å². The number of nitrogens with zero attached hydrogens (tertiary/aromatic N) is 2. The summed E-state index contributed by atoms with van der Waals surface area (Å²) in [6, 6.07) is 13.8. The van der Waals surface area contributed by atoms with Gasteiger partial charge in [0.1, 0.15) is 5.75 Å². The third-order valence-electron chi connectivity index (χ3n) is 3.28. The molecule has 0 saturated carbocycles. The molecule has 0 aliphatic rings. The Morgan fingerprint density at radius 3 is 2.72 bits per heavy atom. The zero-order chi connectivity index (χ0) is 17.6. The first kappa shape index (κ1) is 17.0. The number of ether oxygens (including phenoxy) is 2. The lowest BCUT2D eigenvalue weighted by Gasteiger charge is -2.05. The van der Waals surface area contributed by atoms with E-state index in [9.17, 15) is 4.79 Å². The number of rotatable bonds is 6. The van der Waals surface area contributed by atoms with Crippen molar-refractivity contribution in [1.29, 1.82) is 0 Å². The van der Waals surface area contributed by atoms with Crippen LogP contribution in [-0.2, 0) is 11.3 Å². The maximum atomic E-state index is 11.6. The lowest BCUT2D eigenvalue weighted by molar-refractivity contribution is 0.0526. The third kappa shape index (κ3) is 4.36. The van der Waals surface area contributed by atoms with Crippen molar-refractivity contribution in [2.75, 3.05) is 6.61 Å². The van der Waals surface area contributed by atoms with Crippen LogP contribution in [0.15, 0.2) is 53.1 Å². The fourth-order valence-corrected chi connectivity index (χ4v) is 2.30. The minimum Gasteiger partial charge on any atom is -0.484 e. The van der Waals surface area contributed by atoms with Crippen molar-refractivity contribution in [3.05, 3.63) is 65.0 Å². The molecule has 0 aliphatic heterocycles. The summed E-state index contributed by atoms with van der Waals surface area (Å²) in [7, 11) is 0. The molecular formula is C18H15ClN2O4. The first-order valence-electron chi connectivity index (χ1n) is 7.64. The maximum absolute atomic E-state index is 11.6. The zero-order valence-corrected chi connectivity index (χ0v) is 14.2. The molecule has 2 aromatic carbocycles. The highest BCUT2D eigenvalue weighted by molar-refractivity contribution is 6.30. The summed E-state index contributed by atoms with van der Waals surface area (Å²) < 4.78 is 15.7. The van der Waals surface area contributed by atoms with Gasteiger partial charge < -0.3 is 14.0 Å². The van der Waals surface area contributed by atoms with Gasteiger partial charge in [0, 0.05) is 10.6 Å². The van der Waals surface area contributed by atoms with Crippen LogP contribution in [0.2, 0.25) is 5.02 Å². The van der Waals surface area contributed by atoms with Crippen LogP contribution >= 0.6 is 11.6 Å². The molecule has 3 aromatic rings. The Bertz CT molecular complexity index is 862. The summed E-state index contributed by atoms with van der Waals surface area (Å²) in [6.07, 6.45) is 0. The summed E-state index contributed by atoms with van der Waals surface area (Å²) in [5, 5.41) is 4.51. The second kappa shape index (κ2) is 7.81. The standard InChI is InChI=1S/C18H15ClN2O4/c1-2-23-18(22)12-6-8-15(9-7-12)24-11-16-20-17(21-25-16)13-4-3-5-14(19)10-13/h3-10H,2,11H2,1H3. The average molecular weight is 359 g/mol. The van der Waals surface area contributed by atoms with Crippen molar-refractivity contribution in [3.63, 3.8) is 0 Å². The second-order valence-corrected chi connectivity index (χ2v) is 5.49. The Morgan fingerprint density at radius 2 is 2.00 bits per heavy atom. The molecule has 0 bridgehead atoms. The summed E-state index contributed by atoms with van der Waals surface area (Å²) in [4.78, 5) is 15.9. The molecule has 3 rings (SSSR count). The van der Waals surface area contributed by atoms with E-state index in [1.807, 2.05) is 12.1 Å². The van der Waals surface area contributed by atoms with Crippen LogP contribution < -0.4 is 4.74 Å². The van der Waals surface area contributed by atoms with Gasteiger partial charge in [-0.15, -0.1) is 0 Å². The van der Waals surface area contributed by atoms with Crippen LogP contribution in [0, 0.1) is 0 Å². The van der Waals surface area contributed by atoms with E-state index in [0.717, 1.165) is 5.56 Å². The molecule has 128 valence electrons. The third-order valence-corrected chi connectivity index (χ3v) is 3.51. The van der Waals surface area contributed by atoms with E-state index in [2.05, 4.69) is 10.1 Å². The molecule has 0 aliphatic carbocycles. The summed E-state index contributed by atoms with van der Waals surface area (Å²) >= 11 is 5.95. The Morgan fingerprint density at radius 1 is 1.20 bits per heavy atom. The molecule has 0 radical (unpaired) electrons. The monoisotopic (exact) mass is 358 g/mol. The number of carbonyl (C=O) groups is 1. The van der Waals surface area contributed by atoms with Gasteiger partial charge >= 0.3 is 5.97 Å². The van der Waals surface area contributed by atoms with Gasteiger partial charge in [0.25, 0.3) is 5.89 Å². The van der Waals surface area contributed by atoms with Gasteiger partial charge in [0.05, 0.1) is 12.2 Å². The highest BCUT2D eigenvalue weighted by Crippen LogP contribution is 2.20. The first-order valence-corrected chi connectivity index (χ1v) is 8.02. The van der Waals surface area contributed by atoms with E-state index < -0.39 is 0 Å². The fraction of sp³-hybridized carbons (Fsp3) is 0.167. The van der Waals surface area contributed by atoms with Crippen LogP contribution in [0.3, 0.4) is 0 Å². The van der Waals surface area contributed by atoms with Crippen molar-refractivity contribution < 1.29 is 18.8 Å². The quantitative estimate of drug-likeness (QED) is 0.616. The highest BCUT2D eigenvalue weighted by Gasteiger charge is 2.10. The molecule has 7 heteroatoms. The van der Waals surface area contributed by atoms with E-state index in [1.165, 1.54) is 0 Å². The Kier molecular flexibility index (Phi) is 5.30. The predicted molar refractivity (Wildman–Crippen MR) is 91.5 cm³/mol. The van der Waals surface area contributed by atoms with Gasteiger partial charge in [-0.05, 0) is 43.3 Å². The summed E-state index contributed by atoms with van der Waals surface area (Å²) in [6.45, 7) is 2.22. The van der Waals surface area contributed by atoms with Gasteiger partial charge in [-0.3, -0.25) is 0 Å². The normalized spacial score (nSPS) is 10.5.